The Morgan fingerprint density at radius 1 is 1.61 bits per heavy atom. The first-order valence-electron chi connectivity index (χ1n) is 5.33. The van der Waals surface area contributed by atoms with Gasteiger partial charge < -0.3 is 10.5 Å². The zero-order valence-corrected chi connectivity index (χ0v) is 10.1. The van der Waals surface area contributed by atoms with E-state index in [0.717, 1.165) is 5.56 Å². The van der Waals surface area contributed by atoms with Gasteiger partial charge in [-0.15, -0.1) is 5.10 Å². The molecule has 0 aromatic carbocycles. The summed E-state index contributed by atoms with van der Waals surface area (Å²) in [6.07, 6.45) is 5.00. The maximum Gasteiger partial charge on any atom is 0.377 e. The molecule has 18 heavy (non-hydrogen) atoms. The molecule has 0 fully saturated rings. The van der Waals surface area contributed by atoms with Gasteiger partial charge in [-0.2, -0.15) is 5.10 Å². The zero-order chi connectivity index (χ0) is 13.1. The summed E-state index contributed by atoms with van der Waals surface area (Å²) in [4.78, 5) is 15.2. The van der Waals surface area contributed by atoms with Crippen LogP contribution in [0.2, 0.25) is 0 Å². The van der Waals surface area contributed by atoms with Gasteiger partial charge in [0.1, 0.15) is 6.33 Å². The first-order valence-corrected chi connectivity index (χ1v) is 5.33. The van der Waals surface area contributed by atoms with Gasteiger partial charge in [-0.05, 0) is 0 Å². The molecule has 2 aromatic heterocycles. The summed E-state index contributed by atoms with van der Waals surface area (Å²) < 4.78 is 7.76. The lowest BCUT2D eigenvalue weighted by molar-refractivity contribution is 0.0586. The number of hydrogen-bond donors (Lipinski definition) is 1. The second-order valence-corrected chi connectivity index (χ2v) is 3.74. The first-order chi connectivity index (χ1) is 8.65. The monoisotopic (exact) mass is 250 g/mol. The van der Waals surface area contributed by atoms with Gasteiger partial charge in [-0.25, -0.2) is 14.5 Å². The van der Waals surface area contributed by atoms with Gasteiger partial charge in [-0.3, -0.25) is 4.68 Å². The molecule has 2 aromatic rings. The third-order valence-electron chi connectivity index (χ3n) is 2.53. The van der Waals surface area contributed by atoms with Crippen LogP contribution in [0, 0.1) is 0 Å². The minimum absolute atomic E-state index is 0.0137. The molecule has 0 saturated carbocycles. The highest BCUT2D eigenvalue weighted by Gasteiger charge is 2.18. The molecular formula is C10H14N6O2. The Labute approximate surface area is 103 Å². The van der Waals surface area contributed by atoms with Crippen molar-refractivity contribution in [2.24, 2.45) is 12.8 Å². The van der Waals surface area contributed by atoms with Gasteiger partial charge in [0.15, 0.2) is 0 Å². The third-order valence-corrected chi connectivity index (χ3v) is 2.53. The minimum atomic E-state index is -0.573. The van der Waals surface area contributed by atoms with Crippen LogP contribution in [-0.2, 0) is 11.8 Å². The fraction of sp³-hybridized carbons (Fsp3) is 0.400. The summed E-state index contributed by atoms with van der Waals surface area (Å²) in [6.45, 7) is 0.329. The summed E-state index contributed by atoms with van der Waals surface area (Å²) in [5.41, 5.74) is 6.63. The number of carbonyl (C=O) groups is 1. The largest absolute Gasteiger partial charge is 0.463 e. The summed E-state index contributed by atoms with van der Waals surface area (Å²) >= 11 is 0. The summed E-state index contributed by atoms with van der Waals surface area (Å²) in [5, 5.41) is 8.13. The van der Waals surface area contributed by atoms with Crippen LogP contribution < -0.4 is 5.73 Å². The SMILES string of the molecule is COC(=O)c1ncn(C(CN)c2cnn(C)c2)n1. The summed E-state index contributed by atoms with van der Waals surface area (Å²) in [5.74, 6) is -0.560. The molecule has 1 atom stereocenters. The molecule has 8 heteroatoms. The first kappa shape index (κ1) is 12.2. The Kier molecular flexibility index (Phi) is 3.38. The van der Waals surface area contributed by atoms with Gasteiger partial charge in [0.2, 0.25) is 0 Å². The van der Waals surface area contributed by atoms with E-state index in [9.17, 15) is 4.79 Å². The van der Waals surface area contributed by atoms with E-state index < -0.39 is 5.97 Å². The molecule has 0 aliphatic carbocycles. The number of aryl methyl sites for hydroxylation is 1. The van der Waals surface area contributed by atoms with Crippen molar-refractivity contribution in [3.63, 3.8) is 0 Å². The Morgan fingerprint density at radius 3 is 2.94 bits per heavy atom. The van der Waals surface area contributed by atoms with E-state index in [-0.39, 0.29) is 11.9 Å². The number of hydrogen-bond acceptors (Lipinski definition) is 6. The predicted molar refractivity (Wildman–Crippen MR) is 61.8 cm³/mol. The number of aromatic nitrogens is 5. The van der Waals surface area contributed by atoms with Crippen molar-refractivity contribution < 1.29 is 9.53 Å². The molecule has 0 aliphatic rings. The van der Waals surface area contributed by atoms with E-state index in [4.69, 9.17) is 5.73 Å². The molecule has 0 aliphatic heterocycles. The number of methoxy groups -OCH3 is 1. The van der Waals surface area contributed by atoms with Gasteiger partial charge in [0.25, 0.3) is 5.82 Å². The topological polar surface area (TPSA) is 101 Å². The Morgan fingerprint density at radius 2 is 2.39 bits per heavy atom. The maximum absolute atomic E-state index is 11.3. The number of carbonyl (C=O) groups excluding carboxylic acids is 1. The molecule has 2 rings (SSSR count). The van der Waals surface area contributed by atoms with E-state index >= 15 is 0 Å². The molecule has 1 unspecified atom stereocenters. The Hall–Kier alpha value is -2.22. The summed E-state index contributed by atoms with van der Waals surface area (Å²) in [6, 6.07) is -0.204. The van der Waals surface area contributed by atoms with E-state index in [1.807, 2.05) is 13.2 Å². The van der Waals surface area contributed by atoms with E-state index in [1.54, 1.807) is 10.9 Å². The number of nitrogens with two attached hydrogens (primary N) is 1. The van der Waals surface area contributed by atoms with Crippen LogP contribution in [0.1, 0.15) is 22.2 Å². The van der Waals surface area contributed by atoms with Crippen molar-refractivity contribution in [2.75, 3.05) is 13.7 Å². The molecule has 8 nitrogen and oxygen atoms in total. The van der Waals surface area contributed by atoms with E-state index in [2.05, 4.69) is 19.9 Å². The van der Waals surface area contributed by atoms with Crippen LogP contribution in [0.15, 0.2) is 18.7 Å². The molecule has 0 radical (unpaired) electrons. The molecule has 0 amide bonds. The third kappa shape index (κ3) is 2.23. The lowest BCUT2D eigenvalue weighted by Gasteiger charge is -2.12. The van der Waals surface area contributed by atoms with Crippen molar-refractivity contribution in [3.05, 3.63) is 30.1 Å². The molecule has 0 saturated heterocycles. The Balaban J connectivity index is 2.28. The lowest BCUT2D eigenvalue weighted by Crippen LogP contribution is -2.21. The number of rotatable bonds is 4. The Bertz CT molecular complexity index is 546. The number of nitrogens with zero attached hydrogens (tertiary/aromatic N) is 5. The highest BCUT2D eigenvalue weighted by molar-refractivity contribution is 5.84. The predicted octanol–water partition coefficient (Wildman–Crippen LogP) is -0.654. The average molecular weight is 250 g/mol. The van der Waals surface area contributed by atoms with Crippen LogP contribution in [0.25, 0.3) is 0 Å². The lowest BCUT2D eigenvalue weighted by atomic mass is 10.2. The minimum Gasteiger partial charge on any atom is -0.463 e. The highest BCUT2D eigenvalue weighted by Crippen LogP contribution is 2.15. The van der Waals surface area contributed by atoms with Crippen LogP contribution in [0.5, 0.6) is 0 Å². The quantitative estimate of drug-likeness (QED) is 0.723. The van der Waals surface area contributed by atoms with Gasteiger partial charge in [-0.1, -0.05) is 0 Å². The van der Waals surface area contributed by atoms with Crippen LogP contribution in [-0.4, -0.2) is 44.2 Å². The van der Waals surface area contributed by atoms with Crippen LogP contribution >= 0.6 is 0 Å². The molecule has 96 valence electrons. The van der Waals surface area contributed by atoms with Crippen molar-refractivity contribution in [3.8, 4) is 0 Å². The fourth-order valence-corrected chi connectivity index (χ4v) is 1.62. The normalized spacial score (nSPS) is 12.4. The van der Waals surface area contributed by atoms with Gasteiger partial charge in [0, 0.05) is 25.4 Å². The van der Waals surface area contributed by atoms with Gasteiger partial charge in [0.05, 0.1) is 19.3 Å². The molecule has 0 spiro atoms. The van der Waals surface area contributed by atoms with Crippen molar-refractivity contribution >= 4 is 5.97 Å². The number of esters is 1. The second-order valence-electron chi connectivity index (χ2n) is 3.74. The maximum atomic E-state index is 11.3. The fourth-order valence-electron chi connectivity index (χ4n) is 1.62. The molecule has 2 heterocycles. The number of ether oxygens (including phenoxy) is 1. The molecule has 2 N–H and O–H groups in total. The van der Waals surface area contributed by atoms with E-state index in [0.29, 0.717) is 6.54 Å². The highest BCUT2D eigenvalue weighted by atomic mass is 16.5. The average Bonchev–Trinajstić information content (AvgIpc) is 2.99. The van der Waals surface area contributed by atoms with Crippen molar-refractivity contribution in [1.82, 2.24) is 24.5 Å². The van der Waals surface area contributed by atoms with Gasteiger partial charge >= 0.3 is 5.97 Å². The van der Waals surface area contributed by atoms with Crippen molar-refractivity contribution in [2.45, 2.75) is 6.04 Å². The molecular weight excluding hydrogens is 236 g/mol. The second kappa shape index (κ2) is 4.96. The standard InChI is InChI=1S/C10H14N6O2/c1-15-5-7(4-13-15)8(3-11)16-6-12-9(14-16)10(17)18-2/h4-6,8H,3,11H2,1-2H3. The van der Waals surface area contributed by atoms with Crippen molar-refractivity contribution in [1.29, 1.82) is 0 Å². The van der Waals surface area contributed by atoms with Crippen LogP contribution in [0.3, 0.4) is 0 Å². The summed E-state index contributed by atoms with van der Waals surface area (Å²) in [7, 11) is 3.10. The van der Waals surface area contributed by atoms with Crippen LogP contribution in [0.4, 0.5) is 0 Å². The van der Waals surface area contributed by atoms with E-state index in [1.165, 1.54) is 18.1 Å². The molecule has 0 bridgehead atoms. The smallest absolute Gasteiger partial charge is 0.377 e. The zero-order valence-electron chi connectivity index (χ0n) is 10.1.